The number of hydrogen-bond acceptors (Lipinski definition) is 3. The van der Waals surface area contributed by atoms with Crippen LogP contribution in [0.25, 0.3) is 11.3 Å². The Balaban J connectivity index is 2.07. The molecule has 0 radical (unpaired) electrons. The molecule has 0 aliphatic rings. The van der Waals surface area contributed by atoms with E-state index >= 15 is 0 Å². The van der Waals surface area contributed by atoms with Crippen LogP contribution in [0.15, 0.2) is 28.8 Å². The quantitative estimate of drug-likeness (QED) is 0.892. The second-order valence-corrected chi connectivity index (χ2v) is 5.35. The van der Waals surface area contributed by atoms with Gasteiger partial charge in [0.25, 0.3) is 0 Å². The van der Waals surface area contributed by atoms with Crippen LogP contribution in [-0.2, 0) is 6.42 Å². The monoisotopic (exact) mass is 258 g/mol. The first-order valence-electron chi connectivity index (χ1n) is 6.81. The van der Waals surface area contributed by atoms with Crippen molar-refractivity contribution >= 4 is 0 Å². The van der Waals surface area contributed by atoms with Crippen LogP contribution >= 0.6 is 0 Å². The van der Waals surface area contributed by atoms with E-state index in [9.17, 15) is 0 Å². The fraction of sp³-hybridized carbons (Fsp3) is 0.438. The van der Waals surface area contributed by atoms with Crippen LogP contribution in [0, 0.1) is 13.8 Å². The van der Waals surface area contributed by atoms with E-state index in [1.54, 1.807) is 0 Å². The fourth-order valence-corrected chi connectivity index (χ4v) is 2.14. The summed E-state index contributed by atoms with van der Waals surface area (Å²) in [6.45, 7) is 9.36. The van der Waals surface area contributed by atoms with Gasteiger partial charge in [-0.2, -0.15) is 0 Å². The zero-order valence-corrected chi connectivity index (χ0v) is 12.2. The first-order chi connectivity index (χ1) is 9.04. The minimum absolute atomic E-state index is 0.494. The van der Waals surface area contributed by atoms with Crippen molar-refractivity contribution in [3.63, 3.8) is 0 Å². The van der Waals surface area contributed by atoms with E-state index in [2.05, 4.69) is 56.2 Å². The molecule has 0 saturated carbocycles. The van der Waals surface area contributed by atoms with Crippen LogP contribution in [0.5, 0.6) is 0 Å². The van der Waals surface area contributed by atoms with Crippen molar-refractivity contribution in [2.45, 2.75) is 40.2 Å². The lowest BCUT2D eigenvalue weighted by Crippen LogP contribution is -2.24. The molecular weight excluding hydrogens is 236 g/mol. The van der Waals surface area contributed by atoms with Crippen LogP contribution in [0.1, 0.15) is 30.9 Å². The molecule has 0 amide bonds. The molecule has 102 valence electrons. The van der Waals surface area contributed by atoms with E-state index in [0.29, 0.717) is 6.04 Å². The zero-order valence-electron chi connectivity index (χ0n) is 12.2. The molecule has 19 heavy (non-hydrogen) atoms. The molecule has 0 aliphatic heterocycles. The van der Waals surface area contributed by atoms with Gasteiger partial charge in [0, 0.05) is 24.6 Å². The largest absolute Gasteiger partial charge is 0.441 e. The van der Waals surface area contributed by atoms with Gasteiger partial charge in [-0.25, -0.2) is 4.98 Å². The highest BCUT2D eigenvalue weighted by atomic mass is 16.4. The number of aryl methyl sites for hydroxylation is 2. The van der Waals surface area contributed by atoms with Crippen molar-refractivity contribution < 1.29 is 4.42 Å². The van der Waals surface area contributed by atoms with Crippen LogP contribution in [-0.4, -0.2) is 17.6 Å². The second kappa shape index (κ2) is 6.02. The third-order valence-corrected chi connectivity index (χ3v) is 2.95. The van der Waals surface area contributed by atoms with Crippen molar-refractivity contribution in [3.05, 3.63) is 41.4 Å². The highest BCUT2D eigenvalue weighted by Gasteiger charge is 2.07. The third-order valence-electron chi connectivity index (χ3n) is 2.95. The van der Waals surface area contributed by atoms with Crippen molar-refractivity contribution in [2.75, 3.05) is 6.54 Å². The average Bonchev–Trinajstić information content (AvgIpc) is 2.76. The standard InChI is InChI=1S/C16H22N2O/c1-11(2)17-6-5-16-18-10-15(19-16)14-8-12(3)7-13(4)9-14/h7-11,17H,5-6H2,1-4H3. The van der Waals surface area contributed by atoms with Crippen LogP contribution < -0.4 is 5.32 Å². The van der Waals surface area contributed by atoms with Crippen LogP contribution in [0.2, 0.25) is 0 Å². The highest BCUT2D eigenvalue weighted by molar-refractivity contribution is 5.58. The Bertz CT molecular complexity index is 523. The number of benzene rings is 1. The Morgan fingerprint density at radius 3 is 2.47 bits per heavy atom. The summed E-state index contributed by atoms with van der Waals surface area (Å²) in [4.78, 5) is 4.34. The molecule has 3 nitrogen and oxygen atoms in total. The molecule has 1 aromatic heterocycles. The van der Waals surface area contributed by atoms with Gasteiger partial charge in [-0.1, -0.05) is 31.0 Å². The van der Waals surface area contributed by atoms with E-state index < -0.39 is 0 Å². The molecule has 0 atom stereocenters. The molecular formula is C16H22N2O. The molecule has 0 bridgehead atoms. The summed E-state index contributed by atoms with van der Waals surface area (Å²) < 4.78 is 5.81. The van der Waals surface area contributed by atoms with Gasteiger partial charge >= 0.3 is 0 Å². The summed E-state index contributed by atoms with van der Waals surface area (Å²) in [5.74, 6) is 1.65. The number of hydrogen-bond donors (Lipinski definition) is 1. The van der Waals surface area contributed by atoms with E-state index in [-0.39, 0.29) is 0 Å². The maximum Gasteiger partial charge on any atom is 0.196 e. The average molecular weight is 258 g/mol. The van der Waals surface area contributed by atoms with Crippen molar-refractivity contribution in [1.29, 1.82) is 0 Å². The predicted octanol–water partition coefficient (Wildman–Crippen LogP) is 3.50. The van der Waals surface area contributed by atoms with Gasteiger partial charge in [0.15, 0.2) is 11.7 Å². The van der Waals surface area contributed by atoms with Crippen molar-refractivity contribution in [2.24, 2.45) is 0 Å². The fourth-order valence-electron chi connectivity index (χ4n) is 2.14. The Labute approximate surface area is 115 Å². The lowest BCUT2D eigenvalue weighted by Gasteiger charge is -2.05. The van der Waals surface area contributed by atoms with E-state index in [1.165, 1.54) is 11.1 Å². The number of aromatic nitrogens is 1. The van der Waals surface area contributed by atoms with Gasteiger partial charge in [0.1, 0.15) is 0 Å². The molecule has 3 heteroatoms. The molecule has 1 heterocycles. The number of rotatable bonds is 5. The molecule has 0 spiro atoms. The zero-order chi connectivity index (χ0) is 13.8. The molecule has 1 N–H and O–H groups in total. The topological polar surface area (TPSA) is 38.1 Å². The van der Waals surface area contributed by atoms with Gasteiger partial charge < -0.3 is 9.73 Å². The molecule has 1 aromatic carbocycles. The number of nitrogens with one attached hydrogen (secondary N) is 1. The minimum atomic E-state index is 0.494. The number of nitrogens with zero attached hydrogens (tertiary/aromatic N) is 1. The predicted molar refractivity (Wildman–Crippen MR) is 78.3 cm³/mol. The smallest absolute Gasteiger partial charge is 0.196 e. The normalized spacial score (nSPS) is 11.2. The summed E-state index contributed by atoms with van der Waals surface area (Å²) in [5.41, 5.74) is 3.59. The maximum absolute atomic E-state index is 5.81. The van der Waals surface area contributed by atoms with Crippen LogP contribution in [0.3, 0.4) is 0 Å². The molecule has 0 saturated heterocycles. The van der Waals surface area contributed by atoms with E-state index in [1.807, 2.05) is 6.20 Å². The molecule has 0 unspecified atom stereocenters. The SMILES string of the molecule is Cc1cc(C)cc(-c2cnc(CCNC(C)C)o2)c1. The minimum Gasteiger partial charge on any atom is -0.441 e. The summed E-state index contributed by atoms with van der Waals surface area (Å²) in [5, 5.41) is 3.36. The summed E-state index contributed by atoms with van der Waals surface area (Å²) in [7, 11) is 0. The first kappa shape index (κ1) is 13.8. The van der Waals surface area contributed by atoms with Gasteiger partial charge in [-0.05, 0) is 26.0 Å². The molecule has 0 fully saturated rings. The lowest BCUT2D eigenvalue weighted by atomic mass is 10.1. The highest BCUT2D eigenvalue weighted by Crippen LogP contribution is 2.23. The van der Waals surface area contributed by atoms with Crippen molar-refractivity contribution in [3.8, 4) is 11.3 Å². The summed E-state index contributed by atoms with van der Waals surface area (Å²) >= 11 is 0. The van der Waals surface area contributed by atoms with E-state index in [4.69, 9.17) is 4.42 Å². The Morgan fingerprint density at radius 2 is 1.84 bits per heavy atom. The first-order valence-corrected chi connectivity index (χ1v) is 6.81. The summed E-state index contributed by atoms with van der Waals surface area (Å²) in [6.07, 6.45) is 2.64. The molecule has 2 rings (SSSR count). The van der Waals surface area contributed by atoms with Gasteiger partial charge in [0.2, 0.25) is 0 Å². The second-order valence-electron chi connectivity index (χ2n) is 5.35. The van der Waals surface area contributed by atoms with Crippen LogP contribution in [0.4, 0.5) is 0 Å². The molecule has 2 aromatic rings. The van der Waals surface area contributed by atoms with Gasteiger partial charge in [0.05, 0.1) is 6.20 Å². The third kappa shape index (κ3) is 3.93. The van der Waals surface area contributed by atoms with E-state index in [0.717, 1.165) is 30.2 Å². The number of oxazole rings is 1. The Hall–Kier alpha value is -1.61. The Kier molecular flexibility index (Phi) is 4.38. The molecule has 0 aliphatic carbocycles. The van der Waals surface area contributed by atoms with Gasteiger partial charge in [-0.3, -0.25) is 0 Å². The van der Waals surface area contributed by atoms with Gasteiger partial charge in [-0.15, -0.1) is 0 Å². The Morgan fingerprint density at radius 1 is 1.16 bits per heavy atom. The maximum atomic E-state index is 5.81. The summed E-state index contributed by atoms with van der Waals surface area (Å²) in [6, 6.07) is 6.91. The lowest BCUT2D eigenvalue weighted by molar-refractivity contribution is 0.484. The van der Waals surface area contributed by atoms with Crippen molar-refractivity contribution in [1.82, 2.24) is 10.3 Å².